The number of nitrogens with zero attached hydrogens (tertiary/aromatic N) is 8. The predicted molar refractivity (Wildman–Crippen MR) is 190 cm³/mol. The molecule has 0 radical (unpaired) electrons. The minimum atomic E-state index is -1.20. The standard InChI is InChI=1S/C36H49N9O7/c1-8-9-17-32-37-23-31(44(32)24-27-18-20-28(21-19-27)29-15-10-11-16-30(29)33-38-40-41-39-33)34(46)51-26(3)52-35(47)50-25(2)14-12-13-22-49-42-45(48)43(7)36(4,5)6/h10-11,15-16,18-21,23,25-26H,8-9,12-14,17,22,24H2,1-7H3,(H,38,39,40,41)/b45-42-/t25-,26?/m0/s1. The fourth-order valence-corrected chi connectivity index (χ4v) is 5.09. The smallest absolute Gasteiger partial charge is 0.511 e. The number of ether oxygens (including phenoxy) is 3. The van der Waals surface area contributed by atoms with E-state index in [1.807, 2.05) is 73.9 Å². The van der Waals surface area contributed by atoms with Gasteiger partial charge < -0.3 is 28.8 Å². The minimum absolute atomic E-state index is 0.236. The number of aromatic amines is 1. The lowest BCUT2D eigenvalue weighted by Gasteiger charge is -2.26. The molecule has 0 aliphatic carbocycles. The molecule has 0 bridgehead atoms. The lowest BCUT2D eigenvalue weighted by atomic mass is 9.98. The topological polar surface area (TPSA) is 185 Å². The van der Waals surface area contributed by atoms with Gasteiger partial charge in [0.1, 0.15) is 24.2 Å². The fraction of sp³-hybridized carbons (Fsp3) is 0.500. The molecule has 280 valence electrons. The first-order valence-electron chi connectivity index (χ1n) is 17.5. The van der Waals surface area contributed by atoms with Crippen LogP contribution in [0.4, 0.5) is 4.79 Å². The van der Waals surface area contributed by atoms with Gasteiger partial charge in [-0.2, -0.15) is 5.21 Å². The third-order valence-electron chi connectivity index (χ3n) is 8.30. The molecular formula is C36H49N9O7. The lowest BCUT2D eigenvalue weighted by Crippen LogP contribution is -2.42. The second-order valence-electron chi connectivity index (χ2n) is 13.4. The number of benzene rings is 2. The predicted octanol–water partition coefficient (Wildman–Crippen LogP) is 6.88. The van der Waals surface area contributed by atoms with Crippen LogP contribution in [0.1, 0.15) is 95.5 Å². The van der Waals surface area contributed by atoms with E-state index in [9.17, 15) is 14.8 Å². The van der Waals surface area contributed by atoms with Gasteiger partial charge in [0.15, 0.2) is 0 Å². The van der Waals surface area contributed by atoms with Crippen molar-refractivity contribution < 1.29 is 33.6 Å². The van der Waals surface area contributed by atoms with Gasteiger partial charge in [-0.15, -0.1) is 15.2 Å². The number of rotatable bonds is 18. The zero-order chi connectivity index (χ0) is 37.7. The summed E-state index contributed by atoms with van der Waals surface area (Å²) in [5.41, 5.74) is 3.59. The molecule has 16 heteroatoms. The van der Waals surface area contributed by atoms with Crippen molar-refractivity contribution in [2.45, 2.75) is 105 Å². The molecule has 0 spiro atoms. The van der Waals surface area contributed by atoms with Crippen LogP contribution >= 0.6 is 0 Å². The highest BCUT2D eigenvalue weighted by Gasteiger charge is 2.25. The molecule has 0 amide bonds. The van der Waals surface area contributed by atoms with Crippen LogP contribution in [0, 0.1) is 5.21 Å². The maximum absolute atomic E-state index is 13.3. The zero-order valence-corrected chi connectivity index (χ0v) is 30.9. The summed E-state index contributed by atoms with van der Waals surface area (Å²) in [7, 11) is 1.63. The van der Waals surface area contributed by atoms with Crippen LogP contribution in [0.15, 0.2) is 60.0 Å². The Morgan fingerprint density at radius 2 is 1.75 bits per heavy atom. The van der Waals surface area contributed by atoms with Crippen molar-refractivity contribution in [3.05, 3.63) is 77.0 Å². The minimum Gasteiger partial charge on any atom is -0.569 e. The van der Waals surface area contributed by atoms with Crippen molar-refractivity contribution in [1.29, 1.82) is 0 Å². The molecule has 1 N–H and O–H groups in total. The molecule has 0 fully saturated rings. The SMILES string of the molecule is CCCCc1ncc(C(=O)OC(C)OC(=O)O[C@@H](C)CCCCO/N=[N+](\[O-])N(C)C(C)(C)C)n1Cc1ccc(-c2ccccc2-c2nn[nH]n2)cc1. The molecule has 1 unspecified atom stereocenters. The summed E-state index contributed by atoms with van der Waals surface area (Å²) in [6, 6.07) is 15.8. The van der Waals surface area contributed by atoms with Gasteiger partial charge in [-0.25, -0.2) is 14.6 Å². The molecule has 0 saturated carbocycles. The van der Waals surface area contributed by atoms with E-state index < -0.39 is 30.1 Å². The number of carbonyl (C=O) groups excluding carboxylic acids is 2. The molecule has 0 aliphatic heterocycles. The Labute approximate surface area is 303 Å². The van der Waals surface area contributed by atoms with E-state index in [4.69, 9.17) is 19.0 Å². The Morgan fingerprint density at radius 1 is 1.02 bits per heavy atom. The molecular weight excluding hydrogens is 670 g/mol. The van der Waals surface area contributed by atoms with Crippen LogP contribution in [-0.4, -0.2) is 83.9 Å². The molecule has 4 aromatic rings. The number of tetrazole rings is 1. The van der Waals surface area contributed by atoms with Crippen molar-refractivity contribution in [2.75, 3.05) is 13.7 Å². The van der Waals surface area contributed by atoms with Crippen molar-refractivity contribution in [1.82, 2.24) is 35.2 Å². The first-order valence-corrected chi connectivity index (χ1v) is 17.5. The number of esters is 1. The maximum atomic E-state index is 13.3. The molecule has 2 heterocycles. The number of carbonyl (C=O) groups is 2. The Balaban J connectivity index is 1.29. The van der Waals surface area contributed by atoms with Crippen molar-refractivity contribution >= 4 is 12.1 Å². The number of nitrogens with one attached hydrogen (secondary N) is 1. The number of H-pyrrole nitrogens is 1. The van der Waals surface area contributed by atoms with E-state index in [2.05, 4.69) is 37.8 Å². The normalized spacial score (nSPS) is 12.9. The highest BCUT2D eigenvalue weighted by atomic mass is 16.8. The average Bonchev–Trinajstić information content (AvgIpc) is 3.79. The summed E-state index contributed by atoms with van der Waals surface area (Å²) in [5, 5.41) is 31.3. The Bertz CT molecular complexity index is 1750. The van der Waals surface area contributed by atoms with Crippen molar-refractivity contribution in [3.8, 4) is 22.5 Å². The molecule has 2 aromatic carbocycles. The molecule has 2 aromatic heterocycles. The molecule has 0 saturated heterocycles. The molecule has 16 nitrogen and oxygen atoms in total. The van der Waals surface area contributed by atoms with Crippen LogP contribution in [-0.2, 0) is 32.0 Å². The summed E-state index contributed by atoms with van der Waals surface area (Å²) in [5.74, 6) is 0.584. The van der Waals surface area contributed by atoms with Gasteiger partial charge in [-0.1, -0.05) is 61.9 Å². The van der Waals surface area contributed by atoms with Crippen LogP contribution in [0.3, 0.4) is 0 Å². The van der Waals surface area contributed by atoms with E-state index >= 15 is 0 Å². The Morgan fingerprint density at radius 3 is 2.42 bits per heavy atom. The largest absolute Gasteiger partial charge is 0.569 e. The van der Waals surface area contributed by atoms with Crippen LogP contribution < -0.4 is 0 Å². The van der Waals surface area contributed by atoms with Gasteiger partial charge in [-0.05, 0) is 75.3 Å². The number of aryl methyl sites for hydroxylation is 1. The second kappa shape index (κ2) is 18.6. The van der Waals surface area contributed by atoms with Crippen LogP contribution in [0.25, 0.3) is 22.5 Å². The first-order chi connectivity index (χ1) is 24.9. The average molecular weight is 720 g/mol. The van der Waals surface area contributed by atoms with Crippen LogP contribution in [0.5, 0.6) is 0 Å². The van der Waals surface area contributed by atoms with Gasteiger partial charge in [0.05, 0.1) is 23.8 Å². The molecule has 2 atom stereocenters. The first kappa shape index (κ1) is 39.2. The van der Waals surface area contributed by atoms with Crippen LogP contribution in [0.2, 0.25) is 0 Å². The van der Waals surface area contributed by atoms with Crippen molar-refractivity contribution in [3.63, 3.8) is 0 Å². The number of unbranched alkanes of at least 4 members (excludes halogenated alkanes) is 2. The summed E-state index contributed by atoms with van der Waals surface area (Å²) < 4.78 is 17.9. The quantitative estimate of drug-likeness (QED) is 0.0281. The summed E-state index contributed by atoms with van der Waals surface area (Å²) in [6.45, 7) is 11.5. The maximum Gasteiger partial charge on any atom is 0.511 e. The zero-order valence-electron chi connectivity index (χ0n) is 30.9. The molecule has 4 rings (SSSR count). The number of imidazole rings is 1. The molecule has 52 heavy (non-hydrogen) atoms. The lowest BCUT2D eigenvalue weighted by molar-refractivity contribution is -0.719. The monoisotopic (exact) mass is 719 g/mol. The van der Waals surface area contributed by atoms with E-state index in [0.29, 0.717) is 43.0 Å². The highest BCUT2D eigenvalue weighted by Crippen LogP contribution is 2.30. The Kier molecular flexibility index (Phi) is 14.1. The molecule has 0 aliphatic rings. The fourth-order valence-electron chi connectivity index (χ4n) is 5.09. The van der Waals surface area contributed by atoms with Gasteiger partial charge in [0.2, 0.25) is 17.4 Å². The summed E-state index contributed by atoms with van der Waals surface area (Å²) in [4.78, 5) is 35.8. The third-order valence-corrected chi connectivity index (χ3v) is 8.30. The van der Waals surface area contributed by atoms with Gasteiger partial charge in [0.25, 0.3) is 0 Å². The number of hydrogen-bond acceptors (Lipinski definition) is 12. The Hall–Kier alpha value is -5.54. The number of hydrazine groups is 1. The summed E-state index contributed by atoms with van der Waals surface area (Å²) >= 11 is 0. The van der Waals surface area contributed by atoms with Gasteiger partial charge in [-0.3, -0.25) is 0 Å². The number of hydrogen-bond donors (Lipinski definition) is 1. The van der Waals surface area contributed by atoms with Gasteiger partial charge >= 0.3 is 12.1 Å². The third kappa shape index (κ3) is 11.2. The number of aromatic nitrogens is 6. The van der Waals surface area contributed by atoms with E-state index in [-0.39, 0.29) is 12.3 Å². The second-order valence-corrected chi connectivity index (χ2v) is 13.4. The van der Waals surface area contributed by atoms with E-state index in [0.717, 1.165) is 40.9 Å². The van der Waals surface area contributed by atoms with Crippen molar-refractivity contribution in [2.24, 2.45) is 5.28 Å². The highest BCUT2D eigenvalue weighted by molar-refractivity contribution is 5.87. The van der Waals surface area contributed by atoms with E-state index in [1.54, 1.807) is 14.0 Å². The summed E-state index contributed by atoms with van der Waals surface area (Å²) in [6.07, 6.45) is 3.20. The van der Waals surface area contributed by atoms with Gasteiger partial charge in [0, 0.05) is 25.5 Å². The van der Waals surface area contributed by atoms with E-state index in [1.165, 1.54) is 18.1 Å².